The van der Waals surface area contributed by atoms with Gasteiger partial charge < -0.3 is 34.2 Å². The number of nitrogens with two attached hydrogens (primary N) is 1. The van der Waals surface area contributed by atoms with Gasteiger partial charge >= 0.3 is 5.97 Å². The lowest BCUT2D eigenvalue weighted by atomic mass is 10.1. The number of esters is 1. The highest BCUT2D eigenvalue weighted by Gasteiger charge is 2.28. The summed E-state index contributed by atoms with van der Waals surface area (Å²) >= 11 is 0. The van der Waals surface area contributed by atoms with Crippen LogP contribution in [0.4, 0.5) is 5.69 Å². The molecule has 0 saturated carbocycles. The second-order valence-electron chi connectivity index (χ2n) is 6.59. The third kappa shape index (κ3) is 4.71. The third-order valence-electron chi connectivity index (χ3n) is 4.61. The first kappa shape index (κ1) is 21.6. The van der Waals surface area contributed by atoms with Crippen LogP contribution in [0, 0.1) is 0 Å². The van der Waals surface area contributed by atoms with Crippen LogP contribution in [0.2, 0.25) is 0 Å². The fourth-order valence-corrected chi connectivity index (χ4v) is 3.15. The van der Waals surface area contributed by atoms with E-state index in [0.29, 0.717) is 36.9 Å². The largest absolute Gasteiger partial charge is 0.493 e. The molecule has 1 aliphatic heterocycles. The Labute approximate surface area is 175 Å². The van der Waals surface area contributed by atoms with Crippen molar-refractivity contribution in [1.82, 2.24) is 0 Å². The number of hydrogen-bond acceptors (Lipinski definition) is 8. The van der Waals surface area contributed by atoms with E-state index in [-0.39, 0.29) is 22.7 Å². The Morgan fingerprint density at radius 2 is 1.90 bits per heavy atom. The predicted molar refractivity (Wildman–Crippen MR) is 111 cm³/mol. The van der Waals surface area contributed by atoms with Crippen molar-refractivity contribution in [3.63, 3.8) is 0 Å². The molecule has 1 saturated heterocycles. The molecule has 2 aromatic rings. The monoisotopic (exact) mass is 417 g/mol. The normalized spacial score (nSPS) is 15.9. The van der Waals surface area contributed by atoms with Gasteiger partial charge in [0, 0.05) is 12.5 Å². The molecule has 1 heterocycles. The van der Waals surface area contributed by atoms with Crippen molar-refractivity contribution in [3.05, 3.63) is 35.9 Å². The topological polar surface area (TPSA) is 98.5 Å². The predicted octanol–water partition coefficient (Wildman–Crippen LogP) is 4.16. The van der Waals surface area contributed by atoms with E-state index < -0.39 is 12.3 Å². The van der Waals surface area contributed by atoms with Crippen molar-refractivity contribution in [2.45, 2.75) is 32.5 Å². The minimum absolute atomic E-state index is 0.112. The van der Waals surface area contributed by atoms with E-state index in [1.165, 1.54) is 13.2 Å². The second-order valence-corrected chi connectivity index (χ2v) is 6.59. The highest BCUT2D eigenvalue weighted by molar-refractivity contribution is 5.97. The number of benzene rings is 2. The molecule has 0 aliphatic carbocycles. The summed E-state index contributed by atoms with van der Waals surface area (Å²) < 4.78 is 33.7. The third-order valence-corrected chi connectivity index (χ3v) is 4.61. The molecule has 1 atom stereocenters. The summed E-state index contributed by atoms with van der Waals surface area (Å²) in [6.07, 6.45) is 2.10. The molecule has 3 rings (SSSR count). The van der Waals surface area contributed by atoms with Gasteiger partial charge in [0.25, 0.3) is 0 Å². The molecule has 2 N–H and O–H groups in total. The lowest BCUT2D eigenvalue weighted by Crippen LogP contribution is -2.26. The molecule has 0 spiro atoms. The zero-order valence-corrected chi connectivity index (χ0v) is 17.4. The average Bonchev–Trinajstić information content (AvgIpc) is 2.78. The number of ether oxygens (including phenoxy) is 6. The van der Waals surface area contributed by atoms with Crippen molar-refractivity contribution in [3.8, 4) is 28.7 Å². The Bertz CT molecular complexity index is 878. The summed E-state index contributed by atoms with van der Waals surface area (Å²) in [7, 11) is 2.84. The summed E-state index contributed by atoms with van der Waals surface area (Å²) in [5.41, 5.74) is 6.68. The van der Waals surface area contributed by atoms with Crippen LogP contribution in [0.5, 0.6) is 28.7 Å². The maximum absolute atomic E-state index is 12.4. The van der Waals surface area contributed by atoms with Crippen LogP contribution < -0.4 is 24.7 Å². The molecule has 162 valence electrons. The second kappa shape index (κ2) is 10.1. The van der Waals surface area contributed by atoms with E-state index in [1.807, 2.05) is 19.1 Å². The van der Waals surface area contributed by atoms with Crippen molar-refractivity contribution < 1.29 is 33.2 Å². The number of nitrogen functional groups attached to an aromatic ring is 1. The molecule has 0 radical (unpaired) electrons. The van der Waals surface area contributed by atoms with Crippen molar-refractivity contribution in [2.24, 2.45) is 0 Å². The van der Waals surface area contributed by atoms with E-state index in [4.69, 9.17) is 34.2 Å². The van der Waals surface area contributed by atoms with E-state index >= 15 is 0 Å². The van der Waals surface area contributed by atoms with E-state index in [0.717, 1.165) is 12.8 Å². The highest BCUT2D eigenvalue weighted by atomic mass is 16.7. The molecule has 1 unspecified atom stereocenters. The van der Waals surface area contributed by atoms with E-state index in [9.17, 15) is 4.79 Å². The first-order valence-electron chi connectivity index (χ1n) is 9.85. The molecule has 1 aliphatic rings. The SMILES string of the molecule is CCOc1cc(C(=O)OC)c(OC2CCCCO2)c(N)c1Oc1ccccc1OC. The Morgan fingerprint density at radius 3 is 2.53 bits per heavy atom. The highest BCUT2D eigenvalue weighted by Crippen LogP contribution is 2.47. The smallest absolute Gasteiger partial charge is 0.341 e. The Hall–Kier alpha value is -3.13. The maximum atomic E-state index is 12.4. The van der Waals surface area contributed by atoms with Gasteiger partial charge in [0.05, 0.1) is 27.4 Å². The first-order valence-corrected chi connectivity index (χ1v) is 9.85. The molecule has 2 aromatic carbocycles. The van der Waals surface area contributed by atoms with Gasteiger partial charge in [0.1, 0.15) is 11.3 Å². The number of para-hydroxylation sites is 2. The molecular weight excluding hydrogens is 390 g/mol. The quantitative estimate of drug-likeness (QED) is 0.505. The maximum Gasteiger partial charge on any atom is 0.341 e. The zero-order valence-electron chi connectivity index (χ0n) is 17.4. The van der Waals surface area contributed by atoms with Crippen LogP contribution >= 0.6 is 0 Å². The molecule has 0 amide bonds. The van der Waals surface area contributed by atoms with Crippen LogP contribution in [0.3, 0.4) is 0 Å². The van der Waals surface area contributed by atoms with E-state index in [2.05, 4.69) is 0 Å². The summed E-state index contributed by atoms with van der Waals surface area (Å²) in [5.74, 6) is 1.02. The minimum atomic E-state index is -0.600. The number of rotatable bonds is 8. The number of methoxy groups -OCH3 is 2. The van der Waals surface area contributed by atoms with Gasteiger partial charge in [-0.3, -0.25) is 0 Å². The van der Waals surface area contributed by atoms with Crippen LogP contribution in [0.1, 0.15) is 36.5 Å². The van der Waals surface area contributed by atoms with Gasteiger partial charge in [-0.2, -0.15) is 0 Å². The summed E-state index contributed by atoms with van der Waals surface area (Å²) in [6, 6.07) is 8.65. The van der Waals surface area contributed by atoms with Crippen molar-refractivity contribution >= 4 is 11.7 Å². The van der Waals surface area contributed by atoms with Gasteiger partial charge in [-0.05, 0) is 31.9 Å². The Balaban J connectivity index is 2.09. The van der Waals surface area contributed by atoms with Crippen LogP contribution in [-0.4, -0.2) is 39.7 Å². The number of anilines is 1. The van der Waals surface area contributed by atoms with Gasteiger partial charge in [-0.1, -0.05) is 12.1 Å². The molecule has 1 fully saturated rings. The van der Waals surface area contributed by atoms with Gasteiger partial charge in [-0.15, -0.1) is 0 Å². The van der Waals surface area contributed by atoms with Gasteiger partial charge in [-0.25, -0.2) is 4.79 Å². The lowest BCUT2D eigenvalue weighted by molar-refractivity contribution is -0.105. The molecule has 0 aromatic heterocycles. The fourth-order valence-electron chi connectivity index (χ4n) is 3.15. The van der Waals surface area contributed by atoms with Crippen LogP contribution in [0.25, 0.3) is 0 Å². The van der Waals surface area contributed by atoms with Crippen LogP contribution in [-0.2, 0) is 9.47 Å². The standard InChI is InChI=1S/C22H27NO7/c1-4-27-17-13-14(22(24)26-3)20(30-18-11-7-8-12-28-18)19(23)21(17)29-16-10-6-5-9-15(16)25-2/h5-6,9-10,13,18H,4,7-8,11-12,23H2,1-3H3. The zero-order chi connectivity index (χ0) is 21.5. The Morgan fingerprint density at radius 1 is 1.13 bits per heavy atom. The Kier molecular flexibility index (Phi) is 7.24. The molecule has 8 nitrogen and oxygen atoms in total. The van der Waals surface area contributed by atoms with Crippen molar-refractivity contribution in [2.75, 3.05) is 33.2 Å². The lowest BCUT2D eigenvalue weighted by Gasteiger charge is -2.26. The van der Waals surface area contributed by atoms with Crippen LogP contribution in [0.15, 0.2) is 30.3 Å². The van der Waals surface area contributed by atoms with Gasteiger partial charge in [0.15, 0.2) is 35.0 Å². The number of hydrogen-bond donors (Lipinski definition) is 1. The van der Waals surface area contributed by atoms with Crippen molar-refractivity contribution in [1.29, 1.82) is 0 Å². The minimum Gasteiger partial charge on any atom is -0.493 e. The fraction of sp³-hybridized carbons (Fsp3) is 0.409. The van der Waals surface area contributed by atoms with Gasteiger partial charge in [0.2, 0.25) is 0 Å². The number of carbonyl (C=O) groups excluding carboxylic acids is 1. The molecular formula is C22H27NO7. The first-order chi connectivity index (χ1) is 14.6. The van der Waals surface area contributed by atoms with E-state index in [1.54, 1.807) is 19.2 Å². The average molecular weight is 417 g/mol. The summed E-state index contributed by atoms with van der Waals surface area (Å²) in [4.78, 5) is 12.4. The summed E-state index contributed by atoms with van der Waals surface area (Å²) in [5, 5.41) is 0. The molecule has 30 heavy (non-hydrogen) atoms. The molecule has 8 heteroatoms. The number of carbonyl (C=O) groups is 1. The summed E-state index contributed by atoms with van der Waals surface area (Å²) in [6.45, 7) is 2.75. The molecule has 0 bridgehead atoms.